The van der Waals surface area contributed by atoms with Gasteiger partial charge in [0.15, 0.2) is 0 Å². The molecule has 1 aliphatic rings. The quantitative estimate of drug-likeness (QED) is 0.745. The molecule has 0 saturated heterocycles. The van der Waals surface area contributed by atoms with Crippen molar-refractivity contribution in [1.29, 1.82) is 0 Å². The summed E-state index contributed by atoms with van der Waals surface area (Å²) in [6, 6.07) is 13.1. The number of nitrogens with zero attached hydrogens (tertiary/aromatic N) is 3. The molecule has 1 atom stereocenters. The Hall–Kier alpha value is -3.48. The highest BCUT2D eigenvalue weighted by Crippen LogP contribution is 2.35. The third-order valence-electron chi connectivity index (χ3n) is 4.60. The van der Waals surface area contributed by atoms with E-state index in [2.05, 4.69) is 20.7 Å². The zero-order valence-electron chi connectivity index (χ0n) is 14.9. The van der Waals surface area contributed by atoms with Gasteiger partial charge in [-0.2, -0.15) is 10.1 Å². The number of amides is 1. The number of allylic oxidation sites excluding steroid dienone is 1. The van der Waals surface area contributed by atoms with E-state index in [1.54, 1.807) is 23.7 Å². The molecular formula is C20H18FN5O. The molecule has 6 nitrogen and oxygen atoms in total. The molecule has 1 unspecified atom stereocenters. The number of rotatable bonds is 3. The second kappa shape index (κ2) is 6.68. The second-order valence-electron chi connectivity index (χ2n) is 6.42. The lowest BCUT2D eigenvalue weighted by Crippen LogP contribution is -2.31. The van der Waals surface area contributed by atoms with Crippen LogP contribution >= 0.6 is 0 Å². The summed E-state index contributed by atoms with van der Waals surface area (Å²) in [4.78, 5) is 17.3. The number of aryl methyl sites for hydroxylation is 1. The van der Waals surface area contributed by atoms with Gasteiger partial charge < -0.3 is 10.6 Å². The van der Waals surface area contributed by atoms with Gasteiger partial charge in [0.05, 0.1) is 5.57 Å². The molecule has 1 aliphatic heterocycles. The molecule has 27 heavy (non-hydrogen) atoms. The molecule has 0 spiro atoms. The first-order chi connectivity index (χ1) is 13.0. The van der Waals surface area contributed by atoms with Crippen LogP contribution in [0.5, 0.6) is 0 Å². The molecule has 0 fully saturated rings. The zero-order chi connectivity index (χ0) is 19.0. The van der Waals surface area contributed by atoms with Crippen molar-refractivity contribution in [2.45, 2.75) is 19.9 Å². The van der Waals surface area contributed by atoms with Crippen LogP contribution in [-0.2, 0) is 4.79 Å². The Morgan fingerprint density at radius 2 is 2.00 bits per heavy atom. The van der Waals surface area contributed by atoms with Gasteiger partial charge in [-0.15, -0.1) is 0 Å². The summed E-state index contributed by atoms with van der Waals surface area (Å²) in [5.74, 6) is -0.136. The van der Waals surface area contributed by atoms with Crippen LogP contribution in [0, 0.1) is 12.7 Å². The molecule has 0 radical (unpaired) electrons. The van der Waals surface area contributed by atoms with Gasteiger partial charge in [0.1, 0.15) is 18.2 Å². The molecule has 2 aromatic carbocycles. The summed E-state index contributed by atoms with van der Waals surface area (Å²) in [5, 5.41) is 10.3. The third-order valence-corrected chi connectivity index (χ3v) is 4.60. The van der Waals surface area contributed by atoms with Gasteiger partial charge in [0, 0.05) is 11.4 Å². The number of halogens is 1. The summed E-state index contributed by atoms with van der Waals surface area (Å²) >= 11 is 0. The van der Waals surface area contributed by atoms with Crippen LogP contribution in [0.25, 0.3) is 0 Å². The van der Waals surface area contributed by atoms with Gasteiger partial charge in [-0.05, 0) is 43.2 Å². The number of hydrogen-bond donors (Lipinski definition) is 2. The highest BCUT2D eigenvalue weighted by atomic mass is 19.1. The number of aromatic nitrogens is 3. The lowest BCUT2D eigenvalue weighted by Gasteiger charge is -2.28. The number of anilines is 2. The minimum Gasteiger partial charge on any atom is -0.328 e. The number of hydrogen-bond acceptors (Lipinski definition) is 4. The molecular weight excluding hydrogens is 345 g/mol. The van der Waals surface area contributed by atoms with Crippen LogP contribution in [0.2, 0.25) is 0 Å². The molecule has 2 heterocycles. The van der Waals surface area contributed by atoms with Gasteiger partial charge in [-0.3, -0.25) is 4.79 Å². The summed E-state index contributed by atoms with van der Waals surface area (Å²) in [5.41, 5.74) is 3.41. The number of carbonyl (C=O) groups is 1. The number of nitrogens with one attached hydrogen (secondary N) is 2. The Kier molecular flexibility index (Phi) is 4.19. The van der Waals surface area contributed by atoms with Crippen molar-refractivity contribution < 1.29 is 9.18 Å². The molecule has 1 amide bonds. The molecule has 7 heteroatoms. The highest BCUT2D eigenvalue weighted by Gasteiger charge is 2.33. The Labute approximate surface area is 155 Å². The molecule has 4 rings (SSSR count). The van der Waals surface area contributed by atoms with Crippen LogP contribution in [0.3, 0.4) is 0 Å². The van der Waals surface area contributed by atoms with Crippen molar-refractivity contribution in [1.82, 2.24) is 14.8 Å². The van der Waals surface area contributed by atoms with E-state index < -0.39 is 6.04 Å². The van der Waals surface area contributed by atoms with E-state index in [0.29, 0.717) is 22.8 Å². The topological polar surface area (TPSA) is 71.8 Å². The monoisotopic (exact) mass is 363 g/mol. The van der Waals surface area contributed by atoms with E-state index in [-0.39, 0.29) is 11.7 Å². The predicted molar refractivity (Wildman–Crippen MR) is 101 cm³/mol. The molecule has 2 N–H and O–H groups in total. The molecule has 136 valence electrons. The summed E-state index contributed by atoms with van der Waals surface area (Å²) in [6.07, 6.45) is 1.41. The zero-order valence-corrected chi connectivity index (χ0v) is 14.9. The van der Waals surface area contributed by atoms with Crippen molar-refractivity contribution in [3.63, 3.8) is 0 Å². The van der Waals surface area contributed by atoms with E-state index in [0.717, 1.165) is 11.3 Å². The van der Waals surface area contributed by atoms with Gasteiger partial charge in [0.25, 0.3) is 5.91 Å². The number of carbonyl (C=O) groups excluding carboxylic acids is 1. The Bertz CT molecular complexity index is 1060. The van der Waals surface area contributed by atoms with E-state index in [9.17, 15) is 9.18 Å². The fourth-order valence-electron chi connectivity index (χ4n) is 3.27. The normalized spacial score (nSPS) is 15.9. The van der Waals surface area contributed by atoms with Gasteiger partial charge in [-0.25, -0.2) is 9.07 Å². The van der Waals surface area contributed by atoms with Crippen LogP contribution < -0.4 is 10.6 Å². The van der Waals surface area contributed by atoms with Crippen LogP contribution in [0.4, 0.5) is 16.0 Å². The number of benzene rings is 2. The van der Waals surface area contributed by atoms with Gasteiger partial charge >= 0.3 is 0 Å². The maximum absolute atomic E-state index is 13.9. The first-order valence-corrected chi connectivity index (χ1v) is 8.54. The summed E-state index contributed by atoms with van der Waals surface area (Å²) < 4.78 is 15.5. The largest absolute Gasteiger partial charge is 0.328 e. The van der Waals surface area contributed by atoms with Crippen molar-refractivity contribution in [3.05, 3.63) is 83.1 Å². The van der Waals surface area contributed by atoms with E-state index in [1.165, 1.54) is 18.5 Å². The molecule has 0 bridgehead atoms. The van der Waals surface area contributed by atoms with Gasteiger partial charge in [0.2, 0.25) is 5.95 Å². The van der Waals surface area contributed by atoms with Gasteiger partial charge in [-0.1, -0.05) is 30.3 Å². The maximum Gasteiger partial charge on any atom is 0.255 e. The number of fused-ring (bicyclic) bond motifs is 1. The first-order valence-electron chi connectivity index (χ1n) is 8.54. The number of para-hydroxylation sites is 1. The Balaban J connectivity index is 1.79. The lowest BCUT2D eigenvalue weighted by molar-refractivity contribution is -0.113. The standard InChI is InChI=1S/C20H18FN5O/c1-12-6-3-4-9-16(12)25-19(27)17-13(2)24-20-22-11-23-26(20)18(17)14-7-5-8-15(21)10-14/h3-11,18H,1-2H3,(H,25,27)(H,22,23,24). The third kappa shape index (κ3) is 3.08. The maximum atomic E-state index is 13.9. The van der Waals surface area contributed by atoms with Crippen LogP contribution in [-0.4, -0.2) is 20.7 Å². The SMILES string of the molecule is CC1=C(C(=O)Nc2ccccc2C)C(c2cccc(F)c2)n2ncnc2N1. The van der Waals surface area contributed by atoms with Crippen LogP contribution in [0.15, 0.2) is 66.1 Å². The average Bonchev–Trinajstić information content (AvgIpc) is 3.10. The Morgan fingerprint density at radius 1 is 1.19 bits per heavy atom. The van der Waals surface area contributed by atoms with Crippen molar-refractivity contribution in [3.8, 4) is 0 Å². The predicted octanol–water partition coefficient (Wildman–Crippen LogP) is 3.65. The van der Waals surface area contributed by atoms with Crippen molar-refractivity contribution >= 4 is 17.5 Å². The molecule has 3 aromatic rings. The Morgan fingerprint density at radius 3 is 2.78 bits per heavy atom. The van der Waals surface area contributed by atoms with Crippen molar-refractivity contribution in [2.75, 3.05) is 10.6 Å². The average molecular weight is 363 g/mol. The minimum atomic E-state index is -0.580. The smallest absolute Gasteiger partial charge is 0.255 e. The summed E-state index contributed by atoms with van der Waals surface area (Å²) in [6.45, 7) is 3.73. The second-order valence-corrected chi connectivity index (χ2v) is 6.42. The summed E-state index contributed by atoms with van der Waals surface area (Å²) in [7, 11) is 0. The lowest BCUT2D eigenvalue weighted by atomic mass is 9.95. The van der Waals surface area contributed by atoms with Crippen molar-refractivity contribution in [2.24, 2.45) is 0 Å². The van der Waals surface area contributed by atoms with Crippen LogP contribution in [0.1, 0.15) is 24.1 Å². The molecule has 0 saturated carbocycles. The minimum absolute atomic E-state index is 0.273. The molecule has 1 aromatic heterocycles. The fraction of sp³-hybridized carbons (Fsp3) is 0.150. The first kappa shape index (κ1) is 17.0. The van der Waals surface area contributed by atoms with E-state index in [1.807, 2.05) is 31.2 Å². The highest BCUT2D eigenvalue weighted by molar-refractivity contribution is 6.06. The van der Waals surface area contributed by atoms with E-state index >= 15 is 0 Å². The fourth-order valence-corrected chi connectivity index (χ4v) is 3.27. The van der Waals surface area contributed by atoms with E-state index in [4.69, 9.17) is 0 Å². The molecule has 0 aliphatic carbocycles.